The van der Waals surface area contributed by atoms with E-state index in [-0.39, 0.29) is 23.7 Å². The van der Waals surface area contributed by atoms with Crippen LogP contribution in [-0.4, -0.2) is 17.9 Å². The molecular weight excluding hydrogens is 416 g/mol. The molecular formula is C27H26N2O4. The van der Waals surface area contributed by atoms with Crippen molar-refractivity contribution in [3.63, 3.8) is 0 Å². The molecule has 0 unspecified atom stereocenters. The first-order valence-corrected chi connectivity index (χ1v) is 10.9. The summed E-state index contributed by atoms with van der Waals surface area (Å²) in [5, 5.41) is 6.64. The number of ether oxygens (including phenoxy) is 1. The van der Waals surface area contributed by atoms with Crippen LogP contribution in [0.25, 0.3) is 11.0 Å². The molecule has 0 saturated heterocycles. The Labute approximate surface area is 192 Å². The number of fused-ring (bicyclic) bond motifs is 1. The molecule has 33 heavy (non-hydrogen) atoms. The lowest BCUT2D eigenvalue weighted by Gasteiger charge is -2.14. The van der Waals surface area contributed by atoms with Gasteiger partial charge in [0.1, 0.15) is 11.3 Å². The monoisotopic (exact) mass is 442 g/mol. The lowest BCUT2D eigenvalue weighted by molar-refractivity contribution is 0.0996. The summed E-state index contributed by atoms with van der Waals surface area (Å²) in [7, 11) is 0. The summed E-state index contributed by atoms with van der Waals surface area (Å²) >= 11 is 0. The van der Waals surface area contributed by atoms with Gasteiger partial charge in [0.25, 0.3) is 11.8 Å². The molecule has 1 heterocycles. The first-order valence-electron chi connectivity index (χ1n) is 10.9. The van der Waals surface area contributed by atoms with E-state index < -0.39 is 0 Å². The van der Waals surface area contributed by atoms with Crippen LogP contribution in [0.1, 0.15) is 46.7 Å². The summed E-state index contributed by atoms with van der Waals surface area (Å²) in [4.78, 5) is 25.3. The number of hydrogen-bond acceptors (Lipinski definition) is 4. The molecule has 6 heteroatoms. The number of carbonyl (C=O) groups is 2. The van der Waals surface area contributed by atoms with Crippen molar-refractivity contribution in [2.45, 2.75) is 33.3 Å². The average Bonchev–Trinajstić information content (AvgIpc) is 3.25. The standard InChI is InChI=1S/C27H26N2O4/c1-4-18(3)32-22-10-7-9-20(15-22)26(30)28-21-12-13-23(17(2)14-21)29-27(31)25-16-19-8-5-6-11-24(19)33-25/h5-16,18H,4H2,1-3H3,(H,28,30)(H,29,31)/t18-/m0/s1. The molecule has 3 aromatic carbocycles. The van der Waals surface area contributed by atoms with Crippen LogP contribution in [0.2, 0.25) is 0 Å². The zero-order valence-electron chi connectivity index (χ0n) is 18.8. The quantitative estimate of drug-likeness (QED) is 0.346. The molecule has 1 aromatic heterocycles. The summed E-state index contributed by atoms with van der Waals surface area (Å²) in [6, 6.07) is 21.6. The molecule has 4 aromatic rings. The second-order valence-electron chi connectivity index (χ2n) is 7.95. The van der Waals surface area contributed by atoms with E-state index in [4.69, 9.17) is 9.15 Å². The maximum atomic E-state index is 12.7. The topological polar surface area (TPSA) is 80.6 Å². The third-order valence-corrected chi connectivity index (χ3v) is 5.39. The van der Waals surface area contributed by atoms with Crippen LogP contribution in [0, 0.1) is 6.92 Å². The van der Waals surface area contributed by atoms with E-state index >= 15 is 0 Å². The summed E-state index contributed by atoms with van der Waals surface area (Å²) < 4.78 is 11.4. The van der Waals surface area contributed by atoms with E-state index in [0.29, 0.717) is 28.3 Å². The van der Waals surface area contributed by atoms with E-state index in [0.717, 1.165) is 17.4 Å². The van der Waals surface area contributed by atoms with E-state index in [1.807, 2.05) is 57.2 Å². The Morgan fingerprint density at radius 2 is 1.76 bits per heavy atom. The minimum Gasteiger partial charge on any atom is -0.491 e. The number of nitrogens with one attached hydrogen (secondary N) is 2. The van der Waals surface area contributed by atoms with E-state index in [9.17, 15) is 9.59 Å². The molecule has 4 rings (SSSR count). The number of benzene rings is 3. The highest BCUT2D eigenvalue weighted by Crippen LogP contribution is 2.24. The van der Waals surface area contributed by atoms with Gasteiger partial charge in [-0.1, -0.05) is 31.2 Å². The predicted molar refractivity (Wildman–Crippen MR) is 130 cm³/mol. The Bertz CT molecular complexity index is 1280. The first-order chi connectivity index (χ1) is 15.9. The van der Waals surface area contributed by atoms with Crippen molar-refractivity contribution in [3.8, 4) is 5.75 Å². The van der Waals surface area contributed by atoms with Gasteiger partial charge >= 0.3 is 0 Å². The van der Waals surface area contributed by atoms with Crippen LogP contribution < -0.4 is 15.4 Å². The van der Waals surface area contributed by atoms with Crippen LogP contribution in [0.15, 0.2) is 77.2 Å². The molecule has 168 valence electrons. The Kier molecular flexibility index (Phi) is 6.45. The SMILES string of the molecule is CC[C@H](C)Oc1cccc(C(=O)Nc2ccc(NC(=O)c3cc4ccccc4o3)c(C)c2)c1. The Balaban J connectivity index is 1.43. The Morgan fingerprint density at radius 3 is 2.52 bits per heavy atom. The average molecular weight is 443 g/mol. The van der Waals surface area contributed by atoms with E-state index in [1.165, 1.54) is 0 Å². The zero-order valence-corrected chi connectivity index (χ0v) is 18.8. The number of amides is 2. The fraction of sp³-hybridized carbons (Fsp3) is 0.185. The number of furan rings is 1. The molecule has 1 atom stereocenters. The molecule has 0 fully saturated rings. The molecule has 0 aliphatic carbocycles. The fourth-order valence-electron chi connectivity index (χ4n) is 3.39. The van der Waals surface area contributed by atoms with Crippen molar-refractivity contribution in [1.29, 1.82) is 0 Å². The third-order valence-electron chi connectivity index (χ3n) is 5.39. The number of para-hydroxylation sites is 1. The van der Waals surface area contributed by atoms with Crippen LogP contribution in [-0.2, 0) is 0 Å². The second kappa shape index (κ2) is 9.61. The van der Waals surface area contributed by atoms with E-state index in [2.05, 4.69) is 10.6 Å². The molecule has 0 saturated carbocycles. The molecule has 0 aliphatic rings. The lowest BCUT2D eigenvalue weighted by atomic mass is 10.1. The van der Waals surface area contributed by atoms with Gasteiger partial charge in [-0.2, -0.15) is 0 Å². The molecule has 6 nitrogen and oxygen atoms in total. The molecule has 0 aliphatic heterocycles. The smallest absolute Gasteiger partial charge is 0.291 e. The summed E-state index contributed by atoms with van der Waals surface area (Å²) in [6.07, 6.45) is 0.961. The minimum absolute atomic E-state index is 0.0771. The summed E-state index contributed by atoms with van der Waals surface area (Å²) in [5.74, 6) is 0.344. The van der Waals surface area contributed by atoms with Crippen LogP contribution in [0.4, 0.5) is 11.4 Å². The van der Waals surface area contributed by atoms with Gasteiger partial charge in [-0.3, -0.25) is 9.59 Å². The highest BCUT2D eigenvalue weighted by Gasteiger charge is 2.14. The van der Waals surface area contributed by atoms with Crippen molar-refractivity contribution in [2.75, 3.05) is 10.6 Å². The van der Waals surface area contributed by atoms with Crippen molar-refractivity contribution in [2.24, 2.45) is 0 Å². The van der Waals surface area contributed by atoms with Gasteiger partial charge in [-0.25, -0.2) is 0 Å². The summed E-state index contributed by atoms with van der Waals surface area (Å²) in [5.41, 5.74) is 3.26. The minimum atomic E-state index is -0.329. The molecule has 0 radical (unpaired) electrons. The number of hydrogen-bond donors (Lipinski definition) is 2. The van der Waals surface area contributed by atoms with Gasteiger partial charge < -0.3 is 19.8 Å². The van der Waals surface area contributed by atoms with Crippen LogP contribution in [0.3, 0.4) is 0 Å². The number of rotatable bonds is 7. The molecule has 0 bridgehead atoms. The first kappa shape index (κ1) is 22.1. The van der Waals surface area contributed by atoms with Crippen LogP contribution in [0.5, 0.6) is 5.75 Å². The second-order valence-corrected chi connectivity index (χ2v) is 7.95. The molecule has 2 amide bonds. The Morgan fingerprint density at radius 1 is 0.939 bits per heavy atom. The van der Waals surface area contributed by atoms with Crippen molar-refractivity contribution < 1.29 is 18.7 Å². The van der Waals surface area contributed by atoms with Gasteiger partial charge in [-0.05, 0) is 74.4 Å². The van der Waals surface area contributed by atoms with Gasteiger partial charge in [0.05, 0.1) is 6.10 Å². The number of aryl methyl sites for hydroxylation is 1. The molecule has 0 spiro atoms. The van der Waals surface area contributed by atoms with Gasteiger partial charge in [0, 0.05) is 22.3 Å². The predicted octanol–water partition coefficient (Wildman–Crippen LogP) is 6.42. The largest absolute Gasteiger partial charge is 0.491 e. The lowest BCUT2D eigenvalue weighted by Crippen LogP contribution is -2.14. The number of carbonyl (C=O) groups excluding carboxylic acids is 2. The molecule has 2 N–H and O–H groups in total. The van der Waals surface area contributed by atoms with Gasteiger partial charge in [0.2, 0.25) is 0 Å². The van der Waals surface area contributed by atoms with E-state index in [1.54, 1.807) is 36.4 Å². The Hall–Kier alpha value is -4.06. The normalized spacial score (nSPS) is 11.7. The highest BCUT2D eigenvalue weighted by molar-refractivity contribution is 6.06. The van der Waals surface area contributed by atoms with Crippen molar-refractivity contribution in [1.82, 2.24) is 0 Å². The van der Waals surface area contributed by atoms with Crippen molar-refractivity contribution >= 4 is 34.2 Å². The maximum Gasteiger partial charge on any atom is 0.291 e. The zero-order chi connectivity index (χ0) is 23.4. The maximum absolute atomic E-state index is 12.7. The highest BCUT2D eigenvalue weighted by atomic mass is 16.5. The van der Waals surface area contributed by atoms with Crippen LogP contribution >= 0.6 is 0 Å². The third kappa shape index (κ3) is 5.23. The van der Waals surface area contributed by atoms with Crippen molar-refractivity contribution in [3.05, 3.63) is 89.7 Å². The van der Waals surface area contributed by atoms with Gasteiger partial charge in [0.15, 0.2) is 5.76 Å². The number of anilines is 2. The fourth-order valence-corrected chi connectivity index (χ4v) is 3.39. The summed E-state index contributed by atoms with van der Waals surface area (Å²) in [6.45, 7) is 5.90. The van der Waals surface area contributed by atoms with Gasteiger partial charge in [-0.15, -0.1) is 0 Å².